The molecule has 0 radical (unpaired) electrons. The number of hydrogen-bond donors (Lipinski definition) is 6. The van der Waals surface area contributed by atoms with Gasteiger partial charge < -0.3 is 31.3 Å². The van der Waals surface area contributed by atoms with Crippen LogP contribution in [-0.4, -0.2) is 77.4 Å². The summed E-state index contributed by atoms with van der Waals surface area (Å²) >= 11 is 0. The normalized spacial score (nSPS) is 22.4. The molecule has 0 aromatic heterocycles. The molecule has 6 atom stereocenters. The van der Waals surface area contributed by atoms with Crippen molar-refractivity contribution in [2.75, 3.05) is 39.3 Å². The third-order valence-electron chi connectivity index (χ3n) is 11.3. The van der Waals surface area contributed by atoms with E-state index in [1.54, 1.807) is 23.1 Å². The predicted molar refractivity (Wildman–Crippen MR) is 207 cm³/mol. The summed E-state index contributed by atoms with van der Waals surface area (Å²) in [4.78, 5) is 38.7. The molecule has 0 bridgehead atoms. The Morgan fingerprint density at radius 2 is 0.906 bits per heavy atom. The molecule has 6 N–H and O–H groups in total. The van der Waals surface area contributed by atoms with E-state index in [2.05, 4.69) is 16.0 Å². The average molecular weight is 749 g/mol. The lowest BCUT2D eigenvalue weighted by Crippen LogP contribution is -2.28. The number of rotatable bonds is 18. The second-order valence-electron chi connectivity index (χ2n) is 15.0. The molecule has 53 heavy (non-hydrogen) atoms. The van der Waals surface area contributed by atoms with Gasteiger partial charge in [0.15, 0.2) is 0 Å². The zero-order valence-corrected chi connectivity index (χ0v) is 31.0. The van der Waals surface area contributed by atoms with Crippen molar-refractivity contribution in [3.05, 3.63) is 106 Å². The van der Waals surface area contributed by atoms with Crippen molar-refractivity contribution in [1.82, 2.24) is 20.9 Å². The minimum atomic E-state index is -1.99. The fraction of sp³-hybridized carbons (Fsp3) is 0.500. The molecule has 3 aromatic rings. The zero-order valence-electron chi connectivity index (χ0n) is 32.2. The molecule has 3 aliphatic heterocycles. The Balaban J connectivity index is 0.00000580. The number of carboxylic acids is 3. The number of nitrogens with one attached hydrogen (secondary N) is 3. The monoisotopic (exact) mass is 748 g/mol. The van der Waals surface area contributed by atoms with Gasteiger partial charge in [0.05, 0.1) is 17.8 Å². The first-order valence-electron chi connectivity index (χ1n) is 19.8. The van der Waals surface area contributed by atoms with Gasteiger partial charge in [-0.2, -0.15) is 0 Å². The van der Waals surface area contributed by atoms with Crippen LogP contribution in [0.4, 0.5) is 0 Å². The number of carboxylic acid groups (broad SMARTS) is 3. The van der Waals surface area contributed by atoms with Crippen molar-refractivity contribution in [2.24, 2.45) is 35.5 Å². The van der Waals surface area contributed by atoms with Crippen LogP contribution in [0.25, 0.3) is 0 Å². The smallest absolute Gasteiger partial charge is 0.307 e. The Morgan fingerprint density at radius 1 is 0.585 bits per heavy atom. The molecule has 3 saturated heterocycles. The molecule has 10 nitrogen and oxygen atoms in total. The lowest BCUT2D eigenvalue weighted by atomic mass is 9.85. The molecule has 3 aliphatic rings. The molecule has 0 unspecified atom stereocenters. The minimum absolute atomic E-state index is 0. The van der Waals surface area contributed by atoms with Crippen LogP contribution < -0.4 is 16.0 Å². The lowest BCUT2D eigenvalue weighted by Gasteiger charge is -2.25. The number of carbonyl (C=O) groups is 3. The molecule has 0 saturated carbocycles. The van der Waals surface area contributed by atoms with E-state index in [0.29, 0.717) is 44.5 Å². The average Bonchev–Trinajstić information content (AvgIpc) is 3.97. The zero-order chi connectivity index (χ0) is 38.2. The highest BCUT2D eigenvalue weighted by molar-refractivity contribution is 5.85. The standard InChI is InChI=1S/C42H54N4O6.ClH/c47-40(48)37(34-10-13-43-22-34)19-28-4-1-7-31(16-28)25-46(26-32-8-2-5-29(17-32)20-38(41(49)50)35-11-14-44-23-35)27-33-9-3-6-30(18-33)21-39(42(51)52)36-12-15-45-24-36;/h1-9,16-18,34-39,43-45H,10-15,19-27H2,(H,47,48)(H,49,50)(H,51,52);1H/t34-,35-,36-,37-,38-,39-;/m0./s1/i25D2;. The Kier molecular flexibility index (Phi) is 13.8. The first-order chi connectivity index (χ1) is 26.0. The van der Waals surface area contributed by atoms with Gasteiger partial charge in [-0.1, -0.05) is 72.8 Å². The molecule has 11 heteroatoms. The molecular formula is C42H55ClN4O6. The van der Waals surface area contributed by atoms with Crippen LogP contribution in [0.1, 0.15) is 55.4 Å². The number of nitrogens with zero attached hydrogens (tertiary/aromatic N) is 1. The van der Waals surface area contributed by atoms with E-state index in [9.17, 15) is 32.4 Å². The van der Waals surface area contributed by atoms with Crippen molar-refractivity contribution < 1.29 is 32.4 Å². The van der Waals surface area contributed by atoms with Crippen LogP contribution in [0, 0.1) is 35.5 Å². The van der Waals surface area contributed by atoms with Gasteiger partial charge in [-0.25, -0.2) is 0 Å². The topological polar surface area (TPSA) is 151 Å². The molecule has 0 spiro atoms. The molecule has 3 fully saturated rings. The fourth-order valence-electron chi connectivity index (χ4n) is 8.43. The van der Waals surface area contributed by atoms with Gasteiger partial charge >= 0.3 is 17.9 Å². The van der Waals surface area contributed by atoms with Gasteiger partial charge in [0.2, 0.25) is 0 Å². The quantitative estimate of drug-likeness (QED) is 0.106. The van der Waals surface area contributed by atoms with Crippen LogP contribution >= 0.6 is 12.4 Å². The Labute approximate surface area is 322 Å². The van der Waals surface area contributed by atoms with Crippen molar-refractivity contribution >= 4 is 30.3 Å². The van der Waals surface area contributed by atoms with E-state index in [1.807, 2.05) is 54.6 Å². The number of hydrogen-bond acceptors (Lipinski definition) is 7. The highest BCUT2D eigenvalue weighted by Gasteiger charge is 2.33. The van der Waals surface area contributed by atoms with Crippen molar-refractivity contribution in [3.63, 3.8) is 0 Å². The van der Waals surface area contributed by atoms with Crippen LogP contribution in [0.5, 0.6) is 0 Å². The van der Waals surface area contributed by atoms with Crippen LogP contribution in [0.2, 0.25) is 0 Å². The second-order valence-corrected chi connectivity index (χ2v) is 15.0. The first kappa shape index (κ1) is 37.5. The van der Waals surface area contributed by atoms with Crippen molar-refractivity contribution in [1.29, 1.82) is 0 Å². The summed E-state index contributed by atoms with van der Waals surface area (Å²) in [5.41, 5.74) is 4.65. The lowest BCUT2D eigenvalue weighted by molar-refractivity contribution is -0.144. The molecule has 3 aromatic carbocycles. The second kappa shape index (κ2) is 19.5. The Morgan fingerprint density at radius 3 is 1.23 bits per heavy atom. The summed E-state index contributed by atoms with van der Waals surface area (Å²) in [7, 11) is 0. The Bertz CT molecular complexity index is 1680. The summed E-state index contributed by atoms with van der Waals surface area (Å²) in [6.07, 6.45) is 3.50. The maximum Gasteiger partial charge on any atom is 0.307 e. The number of aliphatic carboxylic acids is 3. The number of benzene rings is 3. The van der Waals surface area contributed by atoms with Gasteiger partial charge in [-0.05, 0) is 129 Å². The van der Waals surface area contributed by atoms with Crippen LogP contribution in [0.3, 0.4) is 0 Å². The van der Waals surface area contributed by atoms with Gasteiger partial charge in [-0.3, -0.25) is 19.3 Å². The molecule has 3 heterocycles. The Hall–Kier alpha value is -3.80. The van der Waals surface area contributed by atoms with Gasteiger partial charge in [0, 0.05) is 22.3 Å². The minimum Gasteiger partial charge on any atom is -0.481 e. The summed E-state index contributed by atoms with van der Waals surface area (Å²) in [6.45, 7) is 2.86. The summed E-state index contributed by atoms with van der Waals surface area (Å²) in [5.74, 6) is -3.98. The fourth-order valence-corrected chi connectivity index (χ4v) is 8.43. The van der Waals surface area contributed by atoms with Crippen LogP contribution in [0.15, 0.2) is 72.8 Å². The first-order valence-corrected chi connectivity index (χ1v) is 18.8. The van der Waals surface area contributed by atoms with Crippen molar-refractivity contribution in [2.45, 2.75) is 58.1 Å². The third kappa shape index (κ3) is 11.4. The third-order valence-corrected chi connectivity index (χ3v) is 11.3. The van der Waals surface area contributed by atoms with E-state index in [1.165, 1.54) is 0 Å². The van der Waals surface area contributed by atoms with Crippen molar-refractivity contribution in [3.8, 4) is 0 Å². The van der Waals surface area contributed by atoms with Gasteiger partial charge in [0.1, 0.15) is 0 Å². The van der Waals surface area contributed by atoms with Crippen LogP contribution in [-0.2, 0) is 53.2 Å². The van der Waals surface area contributed by atoms with Gasteiger partial charge in [-0.15, -0.1) is 12.4 Å². The van der Waals surface area contributed by atoms with E-state index < -0.39 is 42.2 Å². The maximum absolute atomic E-state index is 12.3. The van der Waals surface area contributed by atoms with Gasteiger partial charge in [0.25, 0.3) is 0 Å². The summed E-state index contributed by atoms with van der Waals surface area (Å²) in [6, 6.07) is 22.7. The summed E-state index contributed by atoms with van der Waals surface area (Å²) < 4.78 is 19.2. The summed E-state index contributed by atoms with van der Waals surface area (Å²) in [5, 5.41) is 40.1. The predicted octanol–water partition coefficient (Wildman–Crippen LogP) is 4.87. The van der Waals surface area contributed by atoms with E-state index in [4.69, 9.17) is 0 Å². The number of halogens is 1. The molecular weight excluding hydrogens is 692 g/mol. The molecule has 286 valence electrons. The molecule has 0 aliphatic carbocycles. The highest BCUT2D eigenvalue weighted by Crippen LogP contribution is 2.28. The highest BCUT2D eigenvalue weighted by atomic mass is 35.5. The molecule has 0 amide bonds. The largest absolute Gasteiger partial charge is 0.481 e. The maximum atomic E-state index is 12.3. The molecule has 6 rings (SSSR count). The van der Waals surface area contributed by atoms with E-state index in [-0.39, 0.29) is 43.3 Å². The SMILES string of the molecule is Cl.[2H]C([2H])(c1cccc(C[C@H](C(=O)O)[C@H]2CCNC2)c1)N(Cc1cccc(C[C@H](C(=O)O)[C@H]2CCNC2)c1)Cc1cccc(C[C@H](C(=O)O)[C@H]2CCNC2)c1. The van der Waals surface area contributed by atoms with E-state index >= 15 is 0 Å². The van der Waals surface area contributed by atoms with E-state index in [0.717, 1.165) is 66.7 Å².